The van der Waals surface area contributed by atoms with Crippen LogP contribution in [0, 0.1) is 0 Å². The summed E-state index contributed by atoms with van der Waals surface area (Å²) in [4.78, 5) is 4.44. The van der Waals surface area contributed by atoms with Gasteiger partial charge in [0.25, 0.3) is 0 Å². The number of anilines is 1. The van der Waals surface area contributed by atoms with Crippen LogP contribution in [0.3, 0.4) is 0 Å². The summed E-state index contributed by atoms with van der Waals surface area (Å²) in [6.45, 7) is 0. The SMILES string of the molecule is c1ccn2c(NC3CCCCC3)ncc2c1. The first-order valence-electron chi connectivity index (χ1n) is 6.12. The van der Waals surface area contributed by atoms with Crippen LogP contribution in [0.15, 0.2) is 30.6 Å². The minimum atomic E-state index is 0.611. The first-order chi connectivity index (χ1) is 7.93. The second-order valence-corrected chi connectivity index (χ2v) is 4.56. The molecule has 0 bridgehead atoms. The number of aromatic nitrogens is 2. The van der Waals surface area contributed by atoms with E-state index < -0.39 is 0 Å². The first kappa shape index (κ1) is 9.70. The molecular weight excluding hydrogens is 198 g/mol. The van der Waals surface area contributed by atoms with Gasteiger partial charge in [0, 0.05) is 12.2 Å². The van der Waals surface area contributed by atoms with Crippen molar-refractivity contribution < 1.29 is 0 Å². The lowest BCUT2D eigenvalue weighted by molar-refractivity contribution is 0.460. The van der Waals surface area contributed by atoms with Gasteiger partial charge >= 0.3 is 0 Å². The predicted molar refractivity (Wildman–Crippen MR) is 65.7 cm³/mol. The molecule has 3 heteroatoms. The Balaban J connectivity index is 1.83. The molecule has 0 saturated heterocycles. The molecule has 3 nitrogen and oxygen atoms in total. The molecule has 2 aromatic heterocycles. The molecule has 1 N–H and O–H groups in total. The number of imidazole rings is 1. The molecule has 1 aliphatic carbocycles. The Hall–Kier alpha value is -1.51. The molecular formula is C13H17N3. The van der Waals surface area contributed by atoms with Gasteiger partial charge in [0.2, 0.25) is 5.95 Å². The maximum absolute atomic E-state index is 4.44. The second kappa shape index (κ2) is 4.16. The molecule has 3 rings (SSSR count). The standard InChI is InChI=1S/C13H17N3/c1-2-6-11(7-3-1)15-13-14-10-12-8-4-5-9-16(12)13/h4-5,8-11H,1-3,6-7H2,(H,14,15). The van der Waals surface area contributed by atoms with E-state index in [-0.39, 0.29) is 0 Å². The zero-order valence-corrected chi connectivity index (χ0v) is 9.39. The van der Waals surface area contributed by atoms with Gasteiger partial charge in [-0.1, -0.05) is 25.3 Å². The van der Waals surface area contributed by atoms with E-state index in [1.54, 1.807) is 0 Å². The normalized spacial score (nSPS) is 17.8. The van der Waals surface area contributed by atoms with E-state index in [9.17, 15) is 0 Å². The number of rotatable bonds is 2. The molecule has 2 heterocycles. The number of hydrogen-bond acceptors (Lipinski definition) is 2. The molecule has 16 heavy (non-hydrogen) atoms. The largest absolute Gasteiger partial charge is 0.353 e. The van der Waals surface area contributed by atoms with Gasteiger partial charge in [-0.3, -0.25) is 4.40 Å². The fourth-order valence-electron chi connectivity index (χ4n) is 2.48. The van der Waals surface area contributed by atoms with Crippen molar-refractivity contribution >= 4 is 11.5 Å². The molecule has 2 aromatic rings. The molecule has 0 spiro atoms. The zero-order valence-electron chi connectivity index (χ0n) is 9.39. The maximum atomic E-state index is 4.44. The van der Waals surface area contributed by atoms with Crippen LogP contribution in [0.4, 0.5) is 5.95 Å². The topological polar surface area (TPSA) is 29.3 Å². The van der Waals surface area contributed by atoms with Crippen LogP contribution < -0.4 is 5.32 Å². The van der Waals surface area contributed by atoms with E-state index in [1.807, 2.05) is 18.3 Å². The highest BCUT2D eigenvalue weighted by molar-refractivity contribution is 5.51. The highest BCUT2D eigenvalue weighted by Gasteiger charge is 2.14. The van der Waals surface area contributed by atoms with E-state index in [0.717, 1.165) is 11.5 Å². The minimum Gasteiger partial charge on any atom is -0.353 e. The molecule has 0 atom stereocenters. The van der Waals surface area contributed by atoms with Gasteiger partial charge in [-0.2, -0.15) is 0 Å². The fraction of sp³-hybridized carbons (Fsp3) is 0.462. The third-order valence-corrected chi connectivity index (χ3v) is 3.38. The lowest BCUT2D eigenvalue weighted by Crippen LogP contribution is -2.23. The Morgan fingerprint density at radius 3 is 2.94 bits per heavy atom. The summed E-state index contributed by atoms with van der Waals surface area (Å²) in [5.74, 6) is 0.988. The molecule has 0 aromatic carbocycles. The van der Waals surface area contributed by atoms with Gasteiger partial charge in [-0.25, -0.2) is 4.98 Å². The number of hydrogen-bond donors (Lipinski definition) is 1. The van der Waals surface area contributed by atoms with Crippen molar-refractivity contribution in [2.75, 3.05) is 5.32 Å². The van der Waals surface area contributed by atoms with Crippen LogP contribution in [-0.4, -0.2) is 15.4 Å². The van der Waals surface area contributed by atoms with Crippen molar-refractivity contribution in [1.29, 1.82) is 0 Å². The first-order valence-corrected chi connectivity index (χ1v) is 6.12. The Morgan fingerprint density at radius 2 is 2.06 bits per heavy atom. The van der Waals surface area contributed by atoms with E-state index in [1.165, 1.54) is 32.1 Å². The predicted octanol–water partition coefficient (Wildman–Crippen LogP) is 3.08. The van der Waals surface area contributed by atoms with Crippen molar-refractivity contribution in [2.24, 2.45) is 0 Å². The van der Waals surface area contributed by atoms with Gasteiger partial charge in [-0.15, -0.1) is 0 Å². The summed E-state index contributed by atoms with van der Waals surface area (Å²) in [5.41, 5.74) is 1.15. The van der Waals surface area contributed by atoms with Crippen molar-refractivity contribution in [2.45, 2.75) is 38.1 Å². The highest BCUT2D eigenvalue weighted by atomic mass is 15.2. The van der Waals surface area contributed by atoms with Gasteiger partial charge in [0.15, 0.2) is 0 Å². The molecule has 1 aliphatic rings. The summed E-state index contributed by atoms with van der Waals surface area (Å²) in [5, 5.41) is 3.56. The Morgan fingerprint density at radius 1 is 1.19 bits per heavy atom. The van der Waals surface area contributed by atoms with Crippen LogP contribution in [0.5, 0.6) is 0 Å². The molecule has 1 saturated carbocycles. The molecule has 0 radical (unpaired) electrons. The molecule has 1 fully saturated rings. The number of nitrogens with one attached hydrogen (secondary N) is 1. The van der Waals surface area contributed by atoms with E-state index >= 15 is 0 Å². The van der Waals surface area contributed by atoms with Gasteiger partial charge in [-0.05, 0) is 25.0 Å². The number of fused-ring (bicyclic) bond motifs is 1. The summed E-state index contributed by atoms with van der Waals surface area (Å²) in [6, 6.07) is 6.78. The van der Waals surface area contributed by atoms with Crippen molar-refractivity contribution in [1.82, 2.24) is 9.38 Å². The van der Waals surface area contributed by atoms with Crippen LogP contribution in [-0.2, 0) is 0 Å². The zero-order chi connectivity index (χ0) is 10.8. The third kappa shape index (κ3) is 1.77. The monoisotopic (exact) mass is 215 g/mol. The molecule has 84 valence electrons. The van der Waals surface area contributed by atoms with Gasteiger partial charge < -0.3 is 5.32 Å². The smallest absolute Gasteiger partial charge is 0.207 e. The molecule has 0 amide bonds. The van der Waals surface area contributed by atoms with Crippen LogP contribution in [0.25, 0.3) is 5.52 Å². The summed E-state index contributed by atoms with van der Waals surface area (Å²) in [6.07, 6.45) is 10.6. The average molecular weight is 215 g/mol. The minimum absolute atomic E-state index is 0.611. The number of pyridine rings is 1. The average Bonchev–Trinajstić information content (AvgIpc) is 2.74. The lowest BCUT2D eigenvalue weighted by atomic mass is 9.96. The van der Waals surface area contributed by atoms with Crippen LogP contribution in [0.2, 0.25) is 0 Å². The second-order valence-electron chi connectivity index (χ2n) is 4.56. The summed E-state index contributed by atoms with van der Waals surface area (Å²) >= 11 is 0. The third-order valence-electron chi connectivity index (χ3n) is 3.38. The van der Waals surface area contributed by atoms with Crippen molar-refractivity contribution in [3.63, 3.8) is 0 Å². The molecule has 0 aliphatic heterocycles. The van der Waals surface area contributed by atoms with Crippen LogP contribution in [0.1, 0.15) is 32.1 Å². The lowest BCUT2D eigenvalue weighted by Gasteiger charge is -2.22. The quantitative estimate of drug-likeness (QED) is 0.834. The maximum Gasteiger partial charge on any atom is 0.207 e. The van der Waals surface area contributed by atoms with Crippen molar-refractivity contribution in [3.05, 3.63) is 30.6 Å². The Bertz CT molecular complexity index is 469. The van der Waals surface area contributed by atoms with Gasteiger partial charge in [0.1, 0.15) is 0 Å². The fourth-order valence-corrected chi connectivity index (χ4v) is 2.48. The van der Waals surface area contributed by atoms with Gasteiger partial charge in [0.05, 0.1) is 11.7 Å². The van der Waals surface area contributed by atoms with E-state index in [0.29, 0.717) is 6.04 Å². The van der Waals surface area contributed by atoms with Crippen molar-refractivity contribution in [3.8, 4) is 0 Å². The Labute approximate surface area is 95.5 Å². The van der Waals surface area contributed by atoms with Crippen LogP contribution >= 0.6 is 0 Å². The summed E-state index contributed by atoms with van der Waals surface area (Å²) < 4.78 is 2.12. The number of nitrogens with zero attached hydrogens (tertiary/aromatic N) is 2. The van der Waals surface area contributed by atoms with E-state index in [4.69, 9.17) is 0 Å². The Kier molecular flexibility index (Phi) is 2.52. The molecule has 0 unspecified atom stereocenters. The summed E-state index contributed by atoms with van der Waals surface area (Å²) in [7, 11) is 0. The highest BCUT2D eigenvalue weighted by Crippen LogP contribution is 2.21. The van der Waals surface area contributed by atoms with E-state index in [2.05, 4.69) is 27.0 Å².